The van der Waals surface area contributed by atoms with E-state index in [2.05, 4.69) is 49.8 Å². The molecular weight excluding hydrogens is 749 g/mol. The number of aliphatic imine (C=N–C) groups is 2. The van der Waals surface area contributed by atoms with Crippen LogP contribution >= 0.6 is 11.8 Å². The maximum absolute atomic E-state index is 14.0. The smallest absolute Gasteiger partial charge is 0.303 e. The highest BCUT2D eigenvalue weighted by molar-refractivity contribution is 8.15. The first-order valence-corrected chi connectivity index (χ1v) is 20.8. The number of carboxylic acid groups (broad SMARTS) is 1. The second kappa shape index (κ2) is 21.3. The van der Waals surface area contributed by atoms with E-state index < -0.39 is 47.2 Å². The summed E-state index contributed by atoms with van der Waals surface area (Å²) in [5.41, 5.74) is 6.58. The number of nitrogens with two attached hydrogens (primary N) is 1. The van der Waals surface area contributed by atoms with Gasteiger partial charge >= 0.3 is 5.97 Å². The molecule has 15 nitrogen and oxygen atoms in total. The molecule has 2 aliphatic carbocycles. The van der Waals surface area contributed by atoms with Gasteiger partial charge in [0.1, 0.15) is 17.6 Å². The lowest BCUT2D eigenvalue weighted by atomic mass is 9.80. The zero-order chi connectivity index (χ0) is 40.6. The van der Waals surface area contributed by atoms with Crippen LogP contribution in [0.2, 0.25) is 0 Å². The number of nitrogens with one attached hydrogen (secondary N) is 5. The van der Waals surface area contributed by atoms with Gasteiger partial charge in [-0.05, 0) is 87.6 Å². The number of nitrogens with zero attached hydrogens (tertiary/aromatic N) is 2. The monoisotopic (exact) mass is 802 g/mol. The zero-order valence-corrected chi connectivity index (χ0v) is 33.0. The van der Waals surface area contributed by atoms with Gasteiger partial charge in [-0.25, -0.2) is 0 Å². The fraction of sp³-hybridized carbons (Fsp3) is 0.512. The van der Waals surface area contributed by atoms with Crippen molar-refractivity contribution in [3.63, 3.8) is 0 Å². The van der Waals surface area contributed by atoms with Gasteiger partial charge in [0.05, 0.1) is 11.3 Å². The summed E-state index contributed by atoms with van der Waals surface area (Å²) in [4.78, 5) is 86.6. The molecule has 0 bridgehead atoms. The van der Waals surface area contributed by atoms with E-state index in [1.807, 2.05) is 12.2 Å². The van der Waals surface area contributed by atoms with Crippen LogP contribution in [0, 0.1) is 0 Å². The summed E-state index contributed by atoms with van der Waals surface area (Å²) in [6, 6.07) is 4.60. The molecule has 4 aliphatic rings. The minimum atomic E-state index is -1.26. The molecule has 2 unspecified atom stereocenters. The molecule has 5 amide bonds. The van der Waals surface area contributed by atoms with Crippen LogP contribution in [0.3, 0.4) is 0 Å². The first-order valence-electron chi connectivity index (χ1n) is 19.9. The van der Waals surface area contributed by atoms with Crippen LogP contribution in [0.1, 0.15) is 100 Å². The average molecular weight is 803 g/mol. The highest BCUT2D eigenvalue weighted by atomic mass is 32.2. The van der Waals surface area contributed by atoms with Crippen molar-refractivity contribution >= 4 is 64.3 Å². The molecule has 4 atom stereocenters. The minimum absolute atomic E-state index is 0.0136. The predicted octanol–water partition coefficient (Wildman–Crippen LogP) is 3.67. The van der Waals surface area contributed by atoms with Crippen LogP contribution in [0.15, 0.2) is 70.2 Å². The van der Waals surface area contributed by atoms with E-state index in [0.29, 0.717) is 63.5 Å². The van der Waals surface area contributed by atoms with E-state index in [1.165, 1.54) is 0 Å². The molecule has 2 heterocycles. The van der Waals surface area contributed by atoms with E-state index in [0.717, 1.165) is 35.8 Å². The van der Waals surface area contributed by atoms with Gasteiger partial charge in [-0.1, -0.05) is 61.4 Å². The normalized spacial score (nSPS) is 20.2. The summed E-state index contributed by atoms with van der Waals surface area (Å²) in [7, 11) is 0. The fourth-order valence-corrected chi connectivity index (χ4v) is 8.26. The van der Waals surface area contributed by atoms with Gasteiger partial charge in [0, 0.05) is 43.4 Å². The SMILES string of the molecule is NC(=O)C1(NC(=O)[C@@H](CCCC(=O)O)NC(=O)[C@@H](CCCCNC(=O)CCC2=CCCN=C2)NC(=O)c2ccc(NC3=NC4C=CC=CC4S3)cc2)CCCCC1. The summed E-state index contributed by atoms with van der Waals surface area (Å²) >= 11 is 1.62. The minimum Gasteiger partial charge on any atom is -0.481 e. The molecule has 0 aromatic heterocycles. The zero-order valence-electron chi connectivity index (χ0n) is 32.2. The van der Waals surface area contributed by atoms with Gasteiger partial charge < -0.3 is 37.4 Å². The summed E-state index contributed by atoms with van der Waals surface area (Å²) in [6.45, 7) is 1.14. The number of hydrogen-bond acceptors (Lipinski definition) is 10. The largest absolute Gasteiger partial charge is 0.481 e. The predicted molar refractivity (Wildman–Crippen MR) is 221 cm³/mol. The number of allylic oxidation sites excluding steroid dienone is 3. The lowest BCUT2D eigenvalue weighted by Gasteiger charge is -2.36. The number of aliphatic carboxylic acids is 1. The molecule has 8 N–H and O–H groups in total. The molecule has 1 saturated carbocycles. The number of rotatable bonds is 20. The van der Waals surface area contributed by atoms with Crippen LogP contribution < -0.4 is 32.3 Å². The molecule has 1 fully saturated rings. The lowest BCUT2D eigenvalue weighted by molar-refractivity contribution is -0.137. The van der Waals surface area contributed by atoms with Crippen LogP contribution in [0.5, 0.6) is 0 Å². The van der Waals surface area contributed by atoms with Crippen molar-refractivity contribution in [2.75, 3.05) is 18.4 Å². The van der Waals surface area contributed by atoms with Crippen molar-refractivity contribution in [3.05, 3.63) is 65.8 Å². The Labute approximate surface area is 337 Å². The topological polar surface area (TPSA) is 234 Å². The summed E-state index contributed by atoms with van der Waals surface area (Å²) in [6.07, 6.45) is 17.8. The molecule has 0 radical (unpaired) electrons. The number of unbranched alkanes of at least 4 members (excludes halogenated alkanes) is 1. The number of dihydropyridines is 1. The number of amidine groups is 1. The quantitative estimate of drug-likeness (QED) is 0.0952. The van der Waals surface area contributed by atoms with E-state index in [1.54, 1.807) is 42.2 Å². The highest BCUT2D eigenvalue weighted by Gasteiger charge is 2.41. The van der Waals surface area contributed by atoms with Crippen LogP contribution in [0.4, 0.5) is 5.69 Å². The summed E-state index contributed by atoms with van der Waals surface area (Å²) < 4.78 is 0. The van der Waals surface area contributed by atoms with Crippen molar-refractivity contribution in [1.29, 1.82) is 0 Å². The van der Waals surface area contributed by atoms with E-state index in [9.17, 15) is 33.9 Å². The highest BCUT2D eigenvalue weighted by Crippen LogP contribution is 2.32. The second-order valence-electron chi connectivity index (χ2n) is 14.8. The molecular formula is C41H54N8O7S. The maximum Gasteiger partial charge on any atom is 0.303 e. The van der Waals surface area contributed by atoms with Crippen LogP contribution in [-0.4, -0.2) is 94.0 Å². The Morgan fingerprint density at radius 3 is 2.33 bits per heavy atom. The lowest BCUT2D eigenvalue weighted by Crippen LogP contribution is -2.62. The summed E-state index contributed by atoms with van der Waals surface area (Å²) in [5, 5.41) is 24.8. The molecule has 57 heavy (non-hydrogen) atoms. The number of hydrogen-bond donors (Lipinski definition) is 7. The Bertz CT molecular complexity index is 1780. The number of carbonyl (C=O) groups excluding carboxylic acids is 5. The molecule has 0 saturated heterocycles. The summed E-state index contributed by atoms with van der Waals surface area (Å²) in [5.74, 6) is -3.60. The Kier molecular flexibility index (Phi) is 16.0. The number of carbonyl (C=O) groups is 6. The first-order chi connectivity index (χ1) is 27.5. The Morgan fingerprint density at radius 2 is 1.63 bits per heavy atom. The van der Waals surface area contributed by atoms with E-state index in [4.69, 9.17) is 10.7 Å². The van der Waals surface area contributed by atoms with Crippen molar-refractivity contribution in [1.82, 2.24) is 21.3 Å². The standard InChI is InChI=1S/C41H54N8O7S/c42-39(56)41(22-5-1-6-23-41)49-38(55)32(13-8-15-35(51)52)47-37(54)31(12-4-7-25-44-34(50)21-16-27-10-9-24-43-26-27)46-36(53)28-17-19-29(20-18-28)45-40-48-30-11-2-3-14-33(30)57-40/h2-3,10-11,14,17-20,26,30-33H,1,4-9,12-13,15-16,21-25H2,(H2,42,56)(H,44,50)(H,45,48)(H,46,53)(H,47,54)(H,49,55)(H,51,52)/t30?,31-,32-,33?/m1/s1. The first kappa shape index (κ1) is 42.9. The van der Waals surface area contributed by atoms with Crippen molar-refractivity contribution in [3.8, 4) is 0 Å². The molecule has 5 rings (SSSR count). The number of thioether (sulfide) groups is 1. The Hall–Kier alpha value is -5.25. The molecule has 0 spiro atoms. The third kappa shape index (κ3) is 13.2. The molecule has 1 aromatic rings. The number of benzene rings is 1. The third-order valence-corrected chi connectivity index (χ3v) is 11.6. The van der Waals surface area contributed by atoms with Crippen LogP contribution in [-0.2, 0) is 24.0 Å². The number of amides is 5. The van der Waals surface area contributed by atoms with Gasteiger partial charge in [0.25, 0.3) is 5.91 Å². The van der Waals surface area contributed by atoms with Gasteiger partial charge in [-0.3, -0.25) is 38.8 Å². The number of primary amides is 1. The molecule has 306 valence electrons. The van der Waals surface area contributed by atoms with Crippen molar-refractivity contribution in [2.24, 2.45) is 15.7 Å². The number of anilines is 1. The van der Waals surface area contributed by atoms with Gasteiger partial charge in [-0.15, -0.1) is 0 Å². The van der Waals surface area contributed by atoms with Crippen LogP contribution in [0.25, 0.3) is 0 Å². The van der Waals surface area contributed by atoms with E-state index >= 15 is 0 Å². The van der Waals surface area contributed by atoms with Crippen molar-refractivity contribution in [2.45, 2.75) is 119 Å². The molecule has 16 heteroatoms. The third-order valence-electron chi connectivity index (χ3n) is 10.5. The second-order valence-corrected chi connectivity index (χ2v) is 16.0. The Morgan fingerprint density at radius 1 is 0.895 bits per heavy atom. The van der Waals surface area contributed by atoms with Gasteiger partial charge in [0.15, 0.2) is 5.17 Å². The molecule has 2 aliphatic heterocycles. The number of carboxylic acids is 1. The Balaban J connectivity index is 1.22. The van der Waals surface area contributed by atoms with E-state index in [-0.39, 0.29) is 42.9 Å². The fourth-order valence-electron chi connectivity index (χ4n) is 7.18. The molecule has 1 aromatic carbocycles. The average Bonchev–Trinajstić information content (AvgIpc) is 3.62. The number of fused-ring (bicyclic) bond motifs is 1. The van der Waals surface area contributed by atoms with Gasteiger partial charge in [0.2, 0.25) is 23.6 Å². The van der Waals surface area contributed by atoms with Gasteiger partial charge in [-0.2, -0.15) is 0 Å². The van der Waals surface area contributed by atoms with Crippen molar-refractivity contribution < 1.29 is 33.9 Å². The maximum atomic E-state index is 14.0.